The normalized spacial score (nSPS) is 27.4. The molecule has 0 radical (unpaired) electrons. The number of carbonyl (C=O) groups is 2. The van der Waals surface area contributed by atoms with Crippen molar-refractivity contribution in [2.45, 2.75) is 134 Å². The van der Waals surface area contributed by atoms with Crippen LogP contribution in [0, 0.1) is 29.1 Å². The number of likely N-dealkylation sites (tertiary alicyclic amines) is 1. The highest BCUT2D eigenvalue weighted by Gasteiger charge is 2.51. The summed E-state index contributed by atoms with van der Waals surface area (Å²) in [5.74, 6) is 2.74. The number of guanidine groups is 1. The number of amides is 2. The van der Waals surface area contributed by atoms with E-state index in [0.717, 1.165) is 51.6 Å². The summed E-state index contributed by atoms with van der Waals surface area (Å²) >= 11 is 0. The molecule has 0 spiro atoms. The highest BCUT2D eigenvalue weighted by molar-refractivity contribution is 6.08. The molecule has 0 aromatic heterocycles. The van der Waals surface area contributed by atoms with Crippen molar-refractivity contribution in [3.05, 3.63) is 0 Å². The van der Waals surface area contributed by atoms with Gasteiger partial charge in [-0.2, -0.15) is 0 Å². The van der Waals surface area contributed by atoms with Gasteiger partial charge in [-0.3, -0.25) is 19.9 Å². The molecule has 0 bridgehead atoms. The number of hydrogen-bond donors (Lipinski definition) is 2. The second kappa shape index (κ2) is 12.5. The molecule has 5 aliphatic rings. The summed E-state index contributed by atoms with van der Waals surface area (Å²) in [7, 11) is 0. The molecule has 6 heteroatoms. The molecule has 5 rings (SSSR count). The van der Waals surface area contributed by atoms with E-state index >= 15 is 0 Å². The lowest BCUT2D eigenvalue weighted by Crippen LogP contribution is -2.50. The Morgan fingerprint density at radius 3 is 1.76 bits per heavy atom. The molecule has 6 nitrogen and oxygen atoms in total. The molecule has 37 heavy (non-hydrogen) atoms. The van der Waals surface area contributed by atoms with Crippen LogP contribution in [0.5, 0.6) is 0 Å². The van der Waals surface area contributed by atoms with Crippen molar-refractivity contribution < 1.29 is 9.59 Å². The molecular formula is C31H52N4O2. The lowest BCUT2D eigenvalue weighted by atomic mass is 9.73. The predicted octanol–water partition coefficient (Wildman–Crippen LogP) is 6.24. The topological polar surface area (TPSA) is 76.5 Å². The fraction of sp³-hybridized carbons (Fsp3) is 0.903. The molecule has 0 aromatic carbocycles. The Morgan fingerprint density at radius 2 is 1.22 bits per heavy atom. The van der Waals surface area contributed by atoms with E-state index in [1.807, 2.05) is 0 Å². The fourth-order valence-electron chi connectivity index (χ4n) is 8.39. The van der Waals surface area contributed by atoms with Crippen molar-refractivity contribution in [3.63, 3.8) is 0 Å². The molecule has 0 aromatic rings. The van der Waals surface area contributed by atoms with Crippen molar-refractivity contribution >= 4 is 17.8 Å². The lowest BCUT2D eigenvalue weighted by Gasteiger charge is -2.37. The Labute approximate surface area is 225 Å². The molecule has 0 unspecified atom stereocenters. The SMILES string of the molecule is N=C1NC(CC2CCCCC2)(CC2CCCCC2)C(=O)N1CC1CCN(C(=O)C2CCCCCC2)CC1. The van der Waals surface area contributed by atoms with E-state index in [2.05, 4.69) is 10.2 Å². The molecule has 3 aliphatic carbocycles. The van der Waals surface area contributed by atoms with E-state index in [4.69, 9.17) is 5.41 Å². The van der Waals surface area contributed by atoms with Gasteiger partial charge in [0.05, 0.1) is 0 Å². The van der Waals surface area contributed by atoms with Gasteiger partial charge in [-0.05, 0) is 56.3 Å². The summed E-state index contributed by atoms with van der Waals surface area (Å²) in [4.78, 5) is 31.2. The van der Waals surface area contributed by atoms with Crippen molar-refractivity contribution in [2.24, 2.45) is 23.7 Å². The van der Waals surface area contributed by atoms with Crippen LogP contribution < -0.4 is 5.32 Å². The summed E-state index contributed by atoms with van der Waals surface area (Å²) in [6.45, 7) is 2.28. The first-order valence-corrected chi connectivity index (χ1v) is 16.0. The first-order chi connectivity index (χ1) is 18.0. The monoisotopic (exact) mass is 512 g/mol. The minimum absolute atomic E-state index is 0.186. The average molecular weight is 513 g/mol. The summed E-state index contributed by atoms with van der Waals surface area (Å²) in [6, 6.07) is 0. The van der Waals surface area contributed by atoms with Gasteiger partial charge in [0.25, 0.3) is 5.91 Å². The van der Waals surface area contributed by atoms with Crippen LogP contribution in [0.25, 0.3) is 0 Å². The molecule has 208 valence electrons. The average Bonchev–Trinajstić information content (AvgIpc) is 3.11. The van der Waals surface area contributed by atoms with Crippen molar-refractivity contribution in [1.29, 1.82) is 5.41 Å². The van der Waals surface area contributed by atoms with E-state index < -0.39 is 5.54 Å². The first-order valence-electron chi connectivity index (χ1n) is 16.0. The van der Waals surface area contributed by atoms with Crippen LogP contribution in [-0.4, -0.2) is 52.7 Å². The molecule has 2 saturated heterocycles. The highest BCUT2D eigenvalue weighted by atomic mass is 16.2. The Balaban J connectivity index is 1.20. The van der Waals surface area contributed by atoms with Gasteiger partial charge in [-0.1, -0.05) is 89.9 Å². The van der Waals surface area contributed by atoms with Crippen LogP contribution in [0.1, 0.15) is 128 Å². The van der Waals surface area contributed by atoms with E-state index in [9.17, 15) is 9.59 Å². The van der Waals surface area contributed by atoms with Gasteiger partial charge >= 0.3 is 0 Å². The summed E-state index contributed by atoms with van der Waals surface area (Å²) in [5.41, 5.74) is -0.558. The zero-order valence-corrected chi connectivity index (χ0v) is 23.3. The maximum absolute atomic E-state index is 14.1. The maximum atomic E-state index is 14.1. The number of nitrogens with one attached hydrogen (secondary N) is 2. The number of piperidine rings is 1. The fourth-order valence-corrected chi connectivity index (χ4v) is 8.39. The maximum Gasteiger partial charge on any atom is 0.255 e. The molecule has 5 fully saturated rings. The Hall–Kier alpha value is -1.59. The van der Waals surface area contributed by atoms with Crippen molar-refractivity contribution in [1.82, 2.24) is 15.1 Å². The second-order valence-electron chi connectivity index (χ2n) is 13.3. The zero-order valence-electron chi connectivity index (χ0n) is 23.3. The van der Waals surface area contributed by atoms with Crippen LogP contribution in [0.4, 0.5) is 0 Å². The third-order valence-corrected chi connectivity index (χ3v) is 10.6. The van der Waals surface area contributed by atoms with Gasteiger partial charge in [-0.25, -0.2) is 0 Å². The lowest BCUT2D eigenvalue weighted by molar-refractivity contribution is -0.138. The van der Waals surface area contributed by atoms with Gasteiger partial charge in [0.2, 0.25) is 5.91 Å². The number of nitrogens with zero attached hydrogens (tertiary/aromatic N) is 2. The number of carbonyl (C=O) groups excluding carboxylic acids is 2. The van der Waals surface area contributed by atoms with E-state index in [0.29, 0.717) is 36.2 Å². The molecular weight excluding hydrogens is 460 g/mol. The van der Waals surface area contributed by atoms with E-state index in [1.165, 1.54) is 89.9 Å². The quantitative estimate of drug-likeness (QED) is 0.396. The molecule has 2 aliphatic heterocycles. The van der Waals surface area contributed by atoms with E-state index in [-0.39, 0.29) is 11.8 Å². The Bertz CT molecular complexity index is 765. The van der Waals surface area contributed by atoms with Gasteiger partial charge < -0.3 is 10.2 Å². The molecule has 2 amide bonds. The largest absolute Gasteiger partial charge is 0.342 e. The second-order valence-corrected chi connectivity index (χ2v) is 13.3. The number of hydrogen-bond acceptors (Lipinski definition) is 3. The van der Waals surface area contributed by atoms with Crippen LogP contribution in [0.2, 0.25) is 0 Å². The van der Waals surface area contributed by atoms with Crippen LogP contribution in [0.15, 0.2) is 0 Å². The minimum Gasteiger partial charge on any atom is -0.342 e. The summed E-state index contributed by atoms with van der Waals surface area (Å²) in [6.07, 6.45) is 23.6. The van der Waals surface area contributed by atoms with E-state index in [1.54, 1.807) is 4.90 Å². The van der Waals surface area contributed by atoms with Crippen LogP contribution in [0.3, 0.4) is 0 Å². The summed E-state index contributed by atoms with van der Waals surface area (Å²) < 4.78 is 0. The Morgan fingerprint density at radius 1 is 0.730 bits per heavy atom. The predicted molar refractivity (Wildman–Crippen MR) is 148 cm³/mol. The molecule has 3 saturated carbocycles. The zero-order chi connectivity index (χ0) is 25.7. The molecule has 2 heterocycles. The standard InChI is InChI=1S/C31H52N4O2/c32-30-33-31(21-24-11-5-3-6-12-24,22-25-13-7-4-8-14-25)29(37)35(30)23-26-17-19-34(20-18-26)28(36)27-15-9-1-2-10-16-27/h24-27H,1-23H2,(H2,32,33). The van der Waals surface area contributed by atoms with Gasteiger partial charge in [0.15, 0.2) is 5.96 Å². The number of rotatable bonds is 7. The Kier molecular flexibility index (Phi) is 9.13. The smallest absolute Gasteiger partial charge is 0.255 e. The summed E-state index contributed by atoms with van der Waals surface area (Å²) in [5, 5.41) is 12.4. The van der Waals surface area contributed by atoms with Crippen LogP contribution in [-0.2, 0) is 9.59 Å². The van der Waals surface area contributed by atoms with Crippen molar-refractivity contribution in [3.8, 4) is 0 Å². The third-order valence-electron chi connectivity index (χ3n) is 10.6. The first kappa shape index (κ1) is 27.0. The van der Waals surface area contributed by atoms with Gasteiger partial charge in [0.1, 0.15) is 5.54 Å². The molecule has 2 N–H and O–H groups in total. The van der Waals surface area contributed by atoms with Gasteiger partial charge in [-0.15, -0.1) is 0 Å². The van der Waals surface area contributed by atoms with Crippen LogP contribution >= 0.6 is 0 Å². The van der Waals surface area contributed by atoms with Gasteiger partial charge in [0, 0.05) is 25.6 Å². The van der Waals surface area contributed by atoms with Crippen molar-refractivity contribution in [2.75, 3.05) is 19.6 Å². The molecule has 0 atom stereocenters. The minimum atomic E-state index is -0.558. The highest BCUT2D eigenvalue weighted by Crippen LogP contribution is 2.40. The third kappa shape index (κ3) is 6.53.